The van der Waals surface area contributed by atoms with Gasteiger partial charge in [0.25, 0.3) is 5.69 Å². The number of nitrogens with one attached hydrogen (secondary N) is 1. The van der Waals surface area contributed by atoms with Gasteiger partial charge in [0.1, 0.15) is 0 Å². The molecule has 1 aromatic carbocycles. The Kier molecular flexibility index (Phi) is 6.70. The lowest BCUT2D eigenvalue weighted by Gasteiger charge is -2.16. The smallest absolute Gasteiger partial charge is 0.282 e. The van der Waals surface area contributed by atoms with Crippen molar-refractivity contribution in [1.29, 1.82) is 0 Å². The van der Waals surface area contributed by atoms with Gasteiger partial charge in [-0.1, -0.05) is 19.1 Å². The fraction of sp³-hybridized carbons (Fsp3) is 0.500. The minimum absolute atomic E-state index is 0.120. The van der Waals surface area contributed by atoms with E-state index in [0.717, 1.165) is 6.54 Å². The van der Waals surface area contributed by atoms with E-state index in [4.69, 9.17) is 5.11 Å². The first-order chi connectivity index (χ1) is 8.69. The summed E-state index contributed by atoms with van der Waals surface area (Å²) >= 11 is 1.45. The Labute approximate surface area is 111 Å². The lowest BCUT2D eigenvalue weighted by Crippen LogP contribution is -2.32. The van der Waals surface area contributed by atoms with E-state index in [0.29, 0.717) is 17.1 Å². The van der Waals surface area contributed by atoms with E-state index in [2.05, 4.69) is 5.32 Å². The second kappa shape index (κ2) is 8.07. The van der Waals surface area contributed by atoms with Crippen molar-refractivity contribution in [2.45, 2.75) is 24.3 Å². The number of thioether (sulfide) groups is 1. The van der Waals surface area contributed by atoms with Gasteiger partial charge in [0.05, 0.1) is 9.82 Å². The second-order valence-electron chi connectivity index (χ2n) is 3.80. The van der Waals surface area contributed by atoms with Crippen LogP contribution >= 0.6 is 11.8 Å². The topological polar surface area (TPSA) is 75.4 Å². The maximum Gasteiger partial charge on any atom is 0.282 e. The number of aliphatic hydroxyl groups excluding tert-OH is 1. The first-order valence-electron chi connectivity index (χ1n) is 5.89. The molecule has 1 unspecified atom stereocenters. The molecule has 0 spiro atoms. The summed E-state index contributed by atoms with van der Waals surface area (Å²) in [7, 11) is 0. The van der Waals surface area contributed by atoms with Gasteiger partial charge < -0.3 is 10.4 Å². The summed E-state index contributed by atoms with van der Waals surface area (Å²) in [6, 6.07) is 6.90. The summed E-state index contributed by atoms with van der Waals surface area (Å²) in [6.45, 7) is 2.94. The van der Waals surface area contributed by atoms with Crippen LogP contribution in [0.1, 0.15) is 13.3 Å². The second-order valence-corrected chi connectivity index (χ2v) is 4.86. The molecule has 1 atom stereocenters. The molecule has 0 aliphatic carbocycles. The molecular formula is C12H18N2O3S. The Balaban J connectivity index is 2.63. The van der Waals surface area contributed by atoms with Crippen molar-refractivity contribution in [1.82, 2.24) is 5.32 Å². The highest BCUT2D eigenvalue weighted by atomic mass is 32.2. The van der Waals surface area contributed by atoms with Gasteiger partial charge in [-0.25, -0.2) is 0 Å². The number of nitro groups is 1. The standard InChI is InChI=1S/C12H18N2O3S/c1-2-13-10(7-8-15)9-18-12-6-4-3-5-11(12)14(16)17/h3-6,10,13,15H,2,7-9H2,1H3. The van der Waals surface area contributed by atoms with Crippen molar-refractivity contribution in [3.05, 3.63) is 34.4 Å². The van der Waals surface area contributed by atoms with Gasteiger partial charge in [0, 0.05) is 24.5 Å². The largest absolute Gasteiger partial charge is 0.396 e. The van der Waals surface area contributed by atoms with Crippen LogP contribution in [-0.4, -0.2) is 35.0 Å². The van der Waals surface area contributed by atoms with Crippen molar-refractivity contribution in [2.75, 3.05) is 18.9 Å². The summed E-state index contributed by atoms with van der Waals surface area (Å²) in [5.41, 5.74) is 0.141. The van der Waals surface area contributed by atoms with Crippen LogP contribution in [0, 0.1) is 10.1 Å². The molecule has 0 radical (unpaired) electrons. The van der Waals surface area contributed by atoms with Crippen molar-refractivity contribution >= 4 is 17.4 Å². The van der Waals surface area contributed by atoms with E-state index in [1.165, 1.54) is 17.8 Å². The monoisotopic (exact) mass is 270 g/mol. The fourth-order valence-electron chi connectivity index (χ4n) is 1.61. The predicted molar refractivity (Wildman–Crippen MR) is 73.0 cm³/mol. The maximum atomic E-state index is 10.9. The van der Waals surface area contributed by atoms with Crippen LogP contribution in [0.5, 0.6) is 0 Å². The Bertz CT molecular complexity index is 381. The summed E-state index contributed by atoms with van der Waals surface area (Å²) in [5.74, 6) is 0.708. The van der Waals surface area contributed by atoms with E-state index < -0.39 is 0 Å². The number of hydrogen-bond acceptors (Lipinski definition) is 5. The van der Waals surface area contributed by atoms with Gasteiger partial charge >= 0.3 is 0 Å². The Morgan fingerprint density at radius 3 is 2.83 bits per heavy atom. The van der Waals surface area contributed by atoms with E-state index in [-0.39, 0.29) is 23.3 Å². The summed E-state index contributed by atoms with van der Waals surface area (Å²) in [4.78, 5) is 11.2. The number of hydrogen-bond donors (Lipinski definition) is 2. The number of benzene rings is 1. The predicted octanol–water partition coefficient (Wildman–Crippen LogP) is 2.05. The highest BCUT2D eigenvalue weighted by Gasteiger charge is 2.14. The molecule has 0 amide bonds. The lowest BCUT2D eigenvalue weighted by atomic mass is 10.2. The molecule has 0 heterocycles. The van der Waals surface area contributed by atoms with E-state index in [9.17, 15) is 10.1 Å². The highest BCUT2D eigenvalue weighted by Crippen LogP contribution is 2.29. The van der Waals surface area contributed by atoms with Crippen LogP contribution in [0.3, 0.4) is 0 Å². The van der Waals surface area contributed by atoms with Gasteiger partial charge in [-0.2, -0.15) is 0 Å². The van der Waals surface area contributed by atoms with Crippen LogP contribution < -0.4 is 5.32 Å². The normalized spacial score (nSPS) is 12.3. The number of rotatable bonds is 8. The van der Waals surface area contributed by atoms with Crippen LogP contribution in [0.2, 0.25) is 0 Å². The zero-order valence-electron chi connectivity index (χ0n) is 10.3. The zero-order chi connectivity index (χ0) is 13.4. The van der Waals surface area contributed by atoms with Crippen LogP contribution in [0.15, 0.2) is 29.2 Å². The first kappa shape index (κ1) is 14.9. The molecular weight excluding hydrogens is 252 g/mol. The molecule has 1 aromatic rings. The van der Waals surface area contributed by atoms with Crippen LogP contribution in [0.25, 0.3) is 0 Å². The number of para-hydroxylation sites is 1. The quantitative estimate of drug-likeness (QED) is 0.429. The molecule has 0 saturated carbocycles. The van der Waals surface area contributed by atoms with Crippen molar-refractivity contribution in [3.63, 3.8) is 0 Å². The van der Waals surface area contributed by atoms with Gasteiger partial charge in [0.15, 0.2) is 0 Å². The summed E-state index contributed by atoms with van der Waals surface area (Å²) in [5, 5.41) is 23.1. The van der Waals surface area contributed by atoms with Crippen molar-refractivity contribution in [2.24, 2.45) is 0 Å². The zero-order valence-corrected chi connectivity index (χ0v) is 11.2. The number of nitrogens with zero attached hydrogens (tertiary/aromatic N) is 1. The lowest BCUT2D eigenvalue weighted by molar-refractivity contribution is -0.387. The molecule has 0 aromatic heterocycles. The molecule has 0 fully saturated rings. The SMILES string of the molecule is CCNC(CCO)CSc1ccccc1[N+](=O)[O-]. The third-order valence-electron chi connectivity index (χ3n) is 2.47. The van der Waals surface area contributed by atoms with Gasteiger partial charge in [-0.05, 0) is 19.0 Å². The fourth-order valence-corrected chi connectivity index (χ4v) is 2.74. The molecule has 0 aliphatic heterocycles. The molecule has 1 rings (SSSR count). The van der Waals surface area contributed by atoms with Gasteiger partial charge in [-0.3, -0.25) is 10.1 Å². The number of nitro benzene ring substituents is 1. The molecule has 0 saturated heterocycles. The third-order valence-corrected chi connectivity index (χ3v) is 3.70. The molecule has 0 bridgehead atoms. The Morgan fingerprint density at radius 1 is 1.50 bits per heavy atom. The van der Waals surface area contributed by atoms with E-state index in [1.54, 1.807) is 18.2 Å². The van der Waals surface area contributed by atoms with Gasteiger partial charge in [-0.15, -0.1) is 11.8 Å². The molecule has 18 heavy (non-hydrogen) atoms. The third kappa shape index (κ3) is 4.64. The Morgan fingerprint density at radius 2 is 2.22 bits per heavy atom. The minimum atomic E-state index is -0.364. The number of aliphatic hydroxyl groups is 1. The summed E-state index contributed by atoms with van der Waals surface area (Å²) < 4.78 is 0. The maximum absolute atomic E-state index is 10.9. The molecule has 5 nitrogen and oxygen atoms in total. The van der Waals surface area contributed by atoms with Crippen molar-refractivity contribution in [3.8, 4) is 0 Å². The minimum Gasteiger partial charge on any atom is -0.396 e. The van der Waals surface area contributed by atoms with E-state index in [1.807, 2.05) is 6.92 Å². The molecule has 2 N–H and O–H groups in total. The molecule has 6 heteroatoms. The summed E-state index contributed by atoms with van der Waals surface area (Å²) in [6.07, 6.45) is 0.654. The average Bonchev–Trinajstić information content (AvgIpc) is 2.36. The average molecular weight is 270 g/mol. The highest BCUT2D eigenvalue weighted by molar-refractivity contribution is 7.99. The van der Waals surface area contributed by atoms with Crippen molar-refractivity contribution < 1.29 is 10.0 Å². The molecule has 100 valence electrons. The van der Waals surface area contributed by atoms with E-state index >= 15 is 0 Å². The molecule has 0 aliphatic rings. The van der Waals surface area contributed by atoms with Crippen LogP contribution in [0.4, 0.5) is 5.69 Å². The van der Waals surface area contributed by atoms with Gasteiger partial charge in [0.2, 0.25) is 0 Å². The van der Waals surface area contributed by atoms with Crippen LogP contribution in [-0.2, 0) is 0 Å². The Hall–Kier alpha value is -1.11. The first-order valence-corrected chi connectivity index (χ1v) is 6.88.